The predicted molar refractivity (Wildman–Crippen MR) is 113 cm³/mol. The third kappa shape index (κ3) is 4.31. The van der Waals surface area contributed by atoms with Gasteiger partial charge in [0.25, 0.3) is 0 Å². The molecule has 3 aromatic carbocycles. The molecule has 0 atom stereocenters. The maximum Gasteiger partial charge on any atom is 0.0652 e. The van der Waals surface area contributed by atoms with Gasteiger partial charge in [-0.25, -0.2) is 5.01 Å². The van der Waals surface area contributed by atoms with Crippen molar-refractivity contribution in [1.29, 1.82) is 0 Å². The Morgan fingerprint density at radius 2 is 1.15 bits per heavy atom. The normalized spacial score (nSPS) is 10.8. The molecule has 0 saturated carbocycles. The summed E-state index contributed by atoms with van der Waals surface area (Å²) in [4.78, 5) is 2.33. The molecule has 0 spiro atoms. The van der Waals surface area contributed by atoms with Gasteiger partial charge in [0.15, 0.2) is 0 Å². The molecule has 3 nitrogen and oxygen atoms in total. The molecular formula is C23H25N3. The minimum Gasteiger partial charge on any atom is -0.372 e. The molecule has 26 heavy (non-hydrogen) atoms. The molecule has 3 rings (SSSR count). The topological polar surface area (TPSA) is 18.8 Å². The first-order chi connectivity index (χ1) is 12.8. The first-order valence-corrected chi connectivity index (χ1v) is 9.11. The Morgan fingerprint density at radius 3 is 1.62 bits per heavy atom. The number of hydrogen-bond acceptors (Lipinski definition) is 3. The Hall–Kier alpha value is -3.07. The summed E-state index contributed by atoms with van der Waals surface area (Å²) in [5.41, 5.74) is 4.40. The van der Waals surface area contributed by atoms with Gasteiger partial charge in [-0.15, -0.1) is 0 Å². The van der Waals surface area contributed by atoms with Crippen molar-refractivity contribution in [1.82, 2.24) is 0 Å². The number of benzene rings is 3. The maximum absolute atomic E-state index is 4.74. The second-order valence-corrected chi connectivity index (χ2v) is 5.99. The molecule has 3 aromatic rings. The van der Waals surface area contributed by atoms with Crippen LogP contribution in [-0.2, 0) is 0 Å². The molecule has 0 bridgehead atoms. The number of para-hydroxylation sites is 2. The molecule has 0 aliphatic carbocycles. The van der Waals surface area contributed by atoms with E-state index >= 15 is 0 Å². The van der Waals surface area contributed by atoms with E-state index in [1.165, 1.54) is 5.69 Å². The Labute approximate surface area is 156 Å². The molecule has 3 heteroatoms. The minimum atomic E-state index is 1.01. The molecule has 0 heterocycles. The summed E-state index contributed by atoms with van der Waals surface area (Å²) in [5.74, 6) is 0. The standard InChI is InChI=1S/C23H25N3/c1-3-25(4-2)21-17-15-20(16-18-21)19-24-26(22-11-7-5-8-12-22)23-13-9-6-10-14-23/h5-19H,3-4H2,1-2H3/b24-19+. The van der Waals surface area contributed by atoms with Crippen molar-refractivity contribution in [3.8, 4) is 0 Å². The summed E-state index contributed by atoms with van der Waals surface area (Å²) in [6, 6.07) is 28.9. The predicted octanol–water partition coefficient (Wildman–Crippen LogP) is 5.71. The fourth-order valence-corrected chi connectivity index (χ4v) is 2.91. The Kier molecular flexibility index (Phi) is 6.05. The van der Waals surface area contributed by atoms with Crippen molar-refractivity contribution >= 4 is 23.3 Å². The molecule has 0 radical (unpaired) electrons. The zero-order valence-corrected chi connectivity index (χ0v) is 15.4. The molecular weight excluding hydrogens is 318 g/mol. The summed E-state index contributed by atoms with van der Waals surface area (Å²) in [7, 11) is 0. The van der Waals surface area contributed by atoms with Gasteiger partial charge in [0.1, 0.15) is 0 Å². The van der Waals surface area contributed by atoms with E-state index < -0.39 is 0 Å². The van der Waals surface area contributed by atoms with Crippen LogP contribution in [0.3, 0.4) is 0 Å². The molecule has 0 N–H and O–H groups in total. The van der Waals surface area contributed by atoms with Crippen molar-refractivity contribution in [3.63, 3.8) is 0 Å². The lowest BCUT2D eigenvalue weighted by Crippen LogP contribution is -2.21. The van der Waals surface area contributed by atoms with E-state index in [-0.39, 0.29) is 0 Å². The van der Waals surface area contributed by atoms with Gasteiger partial charge in [-0.05, 0) is 55.8 Å². The van der Waals surface area contributed by atoms with Gasteiger partial charge < -0.3 is 4.90 Å². The van der Waals surface area contributed by atoms with E-state index in [0.717, 1.165) is 30.0 Å². The lowest BCUT2D eigenvalue weighted by atomic mass is 10.2. The highest BCUT2D eigenvalue weighted by Crippen LogP contribution is 2.25. The summed E-state index contributed by atoms with van der Waals surface area (Å²) >= 11 is 0. The second-order valence-electron chi connectivity index (χ2n) is 5.99. The smallest absolute Gasteiger partial charge is 0.0652 e. The van der Waals surface area contributed by atoms with Crippen molar-refractivity contribution in [2.75, 3.05) is 23.0 Å². The third-order valence-corrected chi connectivity index (χ3v) is 4.35. The van der Waals surface area contributed by atoms with Gasteiger partial charge in [0.2, 0.25) is 0 Å². The zero-order valence-electron chi connectivity index (χ0n) is 15.4. The Morgan fingerprint density at radius 1 is 0.654 bits per heavy atom. The van der Waals surface area contributed by atoms with Gasteiger partial charge in [-0.2, -0.15) is 5.10 Å². The molecule has 0 aliphatic rings. The quantitative estimate of drug-likeness (QED) is 0.404. The van der Waals surface area contributed by atoms with Crippen LogP contribution in [0.1, 0.15) is 19.4 Å². The highest BCUT2D eigenvalue weighted by Gasteiger charge is 2.06. The average molecular weight is 343 g/mol. The monoisotopic (exact) mass is 343 g/mol. The van der Waals surface area contributed by atoms with Crippen LogP contribution in [0.15, 0.2) is 90.0 Å². The van der Waals surface area contributed by atoms with E-state index in [1.807, 2.05) is 47.6 Å². The van der Waals surface area contributed by atoms with Crippen LogP contribution in [0.25, 0.3) is 0 Å². The van der Waals surface area contributed by atoms with Gasteiger partial charge in [-0.3, -0.25) is 0 Å². The van der Waals surface area contributed by atoms with E-state index in [4.69, 9.17) is 5.10 Å². The fraction of sp³-hybridized carbons (Fsp3) is 0.174. The van der Waals surface area contributed by atoms with Gasteiger partial charge >= 0.3 is 0 Å². The van der Waals surface area contributed by atoms with Crippen LogP contribution in [0.2, 0.25) is 0 Å². The molecule has 0 unspecified atom stereocenters. The molecule has 0 aromatic heterocycles. The van der Waals surface area contributed by atoms with Crippen LogP contribution in [0.4, 0.5) is 17.1 Å². The summed E-state index contributed by atoms with van der Waals surface area (Å²) in [6.07, 6.45) is 1.91. The molecule has 0 aliphatic heterocycles. The van der Waals surface area contributed by atoms with Crippen molar-refractivity contribution in [3.05, 3.63) is 90.5 Å². The van der Waals surface area contributed by atoms with Gasteiger partial charge in [0.05, 0.1) is 17.6 Å². The largest absolute Gasteiger partial charge is 0.372 e. The minimum absolute atomic E-state index is 1.01. The van der Waals surface area contributed by atoms with Gasteiger partial charge in [0, 0.05) is 18.8 Å². The summed E-state index contributed by atoms with van der Waals surface area (Å²) < 4.78 is 0. The zero-order chi connectivity index (χ0) is 18.2. The number of anilines is 3. The SMILES string of the molecule is CCN(CC)c1ccc(/C=N/N(c2ccccc2)c2ccccc2)cc1. The van der Waals surface area contributed by atoms with Crippen LogP contribution < -0.4 is 9.91 Å². The van der Waals surface area contributed by atoms with Crippen molar-refractivity contribution in [2.45, 2.75) is 13.8 Å². The average Bonchev–Trinajstić information content (AvgIpc) is 2.72. The molecule has 132 valence electrons. The first kappa shape index (κ1) is 17.7. The molecule has 0 amide bonds. The number of nitrogens with zero attached hydrogens (tertiary/aromatic N) is 3. The summed E-state index contributed by atoms with van der Waals surface area (Å²) in [6.45, 7) is 6.38. The molecule has 0 saturated heterocycles. The molecule has 0 fully saturated rings. The van der Waals surface area contributed by atoms with E-state index in [1.54, 1.807) is 0 Å². The lowest BCUT2D eigenvalue weighted by molar-refractivity contribution is 0.866. The number of hydrogen-bond donors (Lipinski definition) is 0. The van der Waals surface area contributed by atoms with E-state index in [0.29, 0.717) is 0 Å². The second kappa shape index (κ2) is 8.86. The number of rotatable bonds is 7. The first-order valence-electron chi connectivity index (χ1n) is 9.11. The highest BCUT2D eigenvalue weighted by atomic mass is 15.5. The van der Waals surface area contributed by atoms with E-state index in [2.05, 4.69) is 67.3 Å². The maximum atomic E-state index is 4.74. The van der Waals surface area contributed by atoms with E-state index in [9.17, 15) is 0 Å². The Balaban J connectivity index is 1.85. The fourth-order valence-electron chi connectivity index (χ4n) is 2.91. The van der Waals surface area contributed by atoms with Crippen LogP contribution in [-0.4, -0.2) is 19.3 Å². The lowest BCUT2D eigenvalue weighted by Gasteiger charge is -2.21. The van der Waals surface area contributed by atoms with Gasteiger partial charge in [-0.1, -0.05) is 48.5 Å². The highest BCUT2D eigenvalue weighted by molar-refractivity contribution is 5.82. The third-order valence-electron chi connectivity index (χ3n) is 4.35. The van der Waals surface area contributed by atoms with Crippen LogP contribution >= 0.6 is 0 Å². The van der Waals surface area contributed by atoms with Crippen LogP contribution in [0, 0.1) is 0 Å². The van der Waals surface area contributed by atoms with Crippen molar-refractivity contribution < 1.29 is 0 Å². The van der Waals surface area contributed by atoms with Crippen LogP contribution in [0.5, 0.6) is 0 Å². The summed E-state index contributed by atoms with van der Waals surface area (Å²) in [5, 5.41) is 6.70. The number of hydrazone groups is 1. The van der Waals surface area contributed by atoms with Crippen molar-refractivity contribution in [2.24, 2.45) is 5.10 Å². The Bertz CT molecular complexity index is 768.